The topological polar surface area (TPSA) is 29.5 Å². The largest absolute Gasteiger partial charge is 0.375 e. The van der Waals surface area contributed by atoms with Gasteiger partial charge in [0.15, 0.2) is 0 Å². The quantitative estimate of drug-likeness (QED) is 0.859. The predicted molar refractivity (Wildman–Crippen MR) is 74.5 cm³/mol. The van der Waals surface area contributed by atoms with Crippen LogP contribution in [0.15, 0.2) is 28.7 Å². The van der Waals surface area contributed by atoms with Crippen molar-refractivity contribution in [3.8, 4) is 0 Å². The molecule has 1 aromatic carbocycles. The van der Waals surface area contributed by atoms with Crippen LogP contribution in [-0.4, -0.2) is 36.6 Å². The molecular weight excluding hydrogens is 294 g/mol. The molecule has 1 aliphatic heterocycles. The Hall–Kier alpha value is -0.870. The fourth-order valence-corrected chi connectivity index (χ4v) is 2.59. The molecule has 98 valence electrons. The van der Waals surface area contributed by atoms with Crippen LogP contribution in [0, 0.1) is 0 Å². The lowest BCUT2D eigenvalue weighted by Crippen LogP contribution is -2.44. The SMILES string of the molecule is CC1CN(C(=O)CCc2cccc(Br)c2)CCO1. The van der Waals surface area contributed by atoms with Gasteiger partial charge in [-0.15, -0.1) is 0 Å². The maximum absolute atomic E-state index is 12.1. The fourth-order valence-electron chi connectivity index (χ4n) is 2.15. The summed E-state index contributed by atoms with van der Waals surface area (Å²) in [5.74, 6) is 0.227. The predicted octanol–water partition coefficient (Wildman–Crippen LogP) is 2.63. The van der Waals surface area contributed by atoms with Crippen molar-refractivity contribution in [1.29, 1.82) is 0 Å². The number of benzene rings is 1. The highest BCUT2D eigenvalue weighted by molar-refractivity contribution is 9.10. The summed E-state index contributed by atoms with van der Waals surface area (Å²) < 4.78 is 6.50. The summed E-state index contributed by atoms with van der Waals surface area (Å²) >= 11 is 3.44. The summed E-state index contributed by atoms with van der Waals surface area (Å²) in [4.78, 5) is 14.0. The second-order valence-electron chi connectivity index (χ2n) is 4.65. The number of carbonyl (C=O) groups is 1. The van der Waals surface area contributed by atoms with Gasteiger partial charge in [-0.2, -0.15) is 0 Å². The number of nitrogens with zero attached hydrogens (tertiary/aromatic N) is 1. The first-order valence-electron chi connectivity index (χ1n) is 6.29. The molecule has 0 aromatic heterocycles. The first kappa shape index (κ1) is 13.6. The van der Waals surface area contributed by atoms with Crippen LogP contribution < -0.4 is 0 Å². The number of rotatable bonds is 3. The van der Waals surface area contributed by atoms with Crippen molar-refractivity contribution < 1.29 is 9.53 Å². The van der Waals surface area contributed by atoms with E-state index in [2.05, 4.69) is 28.1 Å². The third kappa shape index (κ3) is 3.82. The lowest BCUT2D eigenvalue weighted by atomic mass is 10.1. The average molecular weight is 312 g/mol. The smallest absolute Gasteiger partial charge is 0.223 e. The van der Waals surface area contributed by atoms with Gasteiger partial charge in [0.1, 0.15) is 0 Å². The Labute approximate surface area is 116 Å². The van der Waals surface area contributed by atoms with Crippen LogP contribution in [-0.2, 0) is 16.0 Å². The highest BCUT2D eigenvalue weighted by Crippen LogP contribution is 2.14. The van der Waals surface area contributed by atoms with E-state index in [0.717, 1.165) is 24.0 Å². The van der Waals surface area contributed by atoms with Crippen molar-refractivity contribution in [2.24, 2.45) is 0 Å². The van der Waals surface area contributed by atoms with E-state index in [-0.39, 0.29) is 12.0 Å². The molecule has 1 aliphatic rings. The molecule has 0 spiro atoms. The lowest BCUT2D eigenvalue weighted by molar-refractivity contribution is -0.138. The zero-order valence-electron chi connectivity index (χ0n) is 10.6. The van der Waals surface area contributed by atoms with Crippen LogP contribution in [0.25, 0.3) is 0 Å². The lowest BCUT2D eigenvalue weighted by Gasteiger charge is -2.31. The molecule has 1 saturated heterocycles. The van der Waals surface area contributed by atoms with Crippen molar-refractivity contribution >= 4 is 21.8 Å². The van der Waals surface area contributed by atoms with E-state index in [1.165, 1.54) is 5.56 Å². The molecule has 0 saturated carbocycles. The van der Waals surface area contributed by atoms with E-state index < -0.39 is 0 Å². The van der Waals surface area contributed by atoms with Crippen LogP contribution in [0.2, 0.25) is 0 Å². The highest BCUT2D eigenvalue weighted by Gasteiger charge is 2.20. The molecule has 18 heavy (non-hydrogen) atoms. The number of halogens is 1. The molecule has 1 heterocycles. The third-order valence-corrected chi connectivity index (χ3v) is 3.60. The molecule has 1 fully saturated rings. The van der Waals surface area contributed by atoms with Gasteiger partial charge in [-0.25, -0.2) is 0 Å². The van der Waals surface area contributed by atoms with Gasteiger partial charge in [-0.05, 0) is 31.0 Å². The Morgan fingerprint density at radius 1 is 1.56 bits per heavy atom. The number of hydrogen-bond donors (Lipinski definition) is 0. The van der Waals surface area contributed by atoms with E-state index >= 15 is 0 Å². The van der Waals surface area contributed by atoms with Crippen molar-refractivity contribution in [2.45, 2.75) is 25.9 Å². The molecule has 0 radical (unpaired) electrons. The minimum Gasteiger partial charge on any atom is -0.375 e. The van der Waals surface area contributed by atoms with Crippen LogP contribution >= 0.6 is 15.9 Å². The summed E-state index contributed by atoms with van der Waals surface area (Å²) in [6, 6.07) is 8.12. The Morgan fingerprint density at radius 2 is 2.39 bits per heavy atom. The van der Waals surface area contributed by atoms with Gasteiger partial charge in [-0.1, -0.05) is 28.1 Å². The Balaban J connectivity index is 1.84. The van der Waals surface area contributed by atoms with Crippen molar-refractivity contribution in [1.82, 2.24) is 4.90 Å². The average Bonchev–Trinajstić information content (AvgIpc) is 2.36. The van der Waals surface area contributed by atoms with E-state index in [0.29, 0.717) is 13.0 Å². The maximum atomic E-state index is 12.1. The summed E-state index contributed by atoms with van der Waals surface area (Å²) in [5, 5.41) is 0. The van der Waals surface area contributed by atoms with Crippen molar-refractivity contribution in [3.05, 3.63) is 34.3 Å². The number of aryl methyl sites for hydroxylation is 1. The number of morpholine rings is 1. The zero-order chi connectivity index (χ0) is 13.0. The van der Waals surface area contributed by atoms with E-state index in [4.69, 9.17) is 4.74 Å². The third-order valence-electron chi connectivity index (χ3n) is 3.11. The molecule has 1 unspecified atom stereocenters. The Morgan fingerprint density at radius 3 is 3.11 bits per heavy atom. The molecule has 1 aromatic rings. The summed E-state index contributed by atoms with van der Waals surface area (Å²) in [6.45, 7) is 4.11. The van der Waals surface area contributed by atoms with Gasteiger partial charge >= 0.3 is 0 Å². The highest BCUT2D eigenvalue weighted by atomic mass is 79.9. The summed E-state index contributed by atoms with van der Waals surface area (Å²) in [7, 11) is 0. The molecule has 0 N–H and O–H groups in total. The van der Waals surface area contributed by atoms with Gasteiger partial charge in [0.25, 0.3) is 0 Å². The van der Waals surface area contributed by atoms with Gasteiger partial charge in [0.05, 0.1) is 12.7 Å². The second-order valence-corrected chi connectivity index (χ2v) is 5.57. The second kappa shape index (κ2) is 6.34. The minimum atomic E-state index is 0.161. The molecule has 2 rings (SSSR count). The first-order chi connectivity index (χ1) is 8.65. The summed E-state index contributed by atoms with van der Waals surface area (Å²) in [6.07, 6.45) is 1.53. The number of carbonyl (C=O) groups excluding carboxylic acids is 1. The number of hydrogen-bond acceptors (Lipinski definition) is 2. The minimum absolute atomic E-state index is 0.161. The monoisotopic (exact) mass is 311 g/mol. The standard InChI is InChI=1S/C14H18BrNO2/c1-11-10-16(7-8-18-11)14(17)6-5-12-3-2-4-13(15)9-12/h2-4,9,11H,5-8,10H2,1H3. The van der Waals surface area contributed by atoms with Gasteiger partial charge in [0.2, 0.25) is 5.91 Å². The Kier molecular flexibility index (Phi) is 4.78. The molecule has 1 atom stereocenters. The van der Waals surface area contributed by atoms with Gasteiger partial charge < -0.3 is 9.64 Å². The van der Waals surface area contributed by atoms with E-state index in [1.807, 2.05) is 24.0 Å². The molecule has 1 amide bonds. The molecule has 3 nitrogen and oxygen atoms in total. The van der Waals surface area contributed by atoms with Crippen LogP contribution in [0.4, 0.5) is 0 Å². The van der Waals surface area contributed by atoms with E-state index in [9.17, 15) is 4.79 Å². The normalized spacial score (nSPS) is 19.9. The van der Waals surface area contributed by atoms with Crippen molar-refractivity contribution in [2.75, 3.05) is 19.7 Å². The van der Waals surface area contributed by atoms with Gasteiger partial charge in [-0.3, -0.25) is 4.79 Å². The number of ether oxygens (including phenoxy) is 1. The summed E-state index contributed by atoms with van der Waals surface area (Å²) in [5.41, 5.74) is 1.19. The van der Waals surface area contributed by atoms with Crippen LogP contribution in [0.1, 0.15) is 18.9 Å². The Bertz CT molecular complexity index is 422. The van der Waals surface area contributed by atoms with Gasteiger partial charge in [0, 0.05) is 24.0 Å². The molecule has 4 heteroatoms. The fraction of sp³-hybridized carbons (Fsp3) is 0.500. The van der Waals surface area contributed by atoms with Crippen LogP contribution in [0.3, 0.4) is 0 Å². The maximum Gasteiger partial charge on any atom is 0.223 e. The number of amides is 1. The first-order valence-corrected chi connectivity index (χ1v) is 7.08. The van der Waals surface area contributed by atoms with Crippen LogP contribution in [0.5, 0.6) is 0 Å². The molecular formula is C14H18BrNO2. The van der Waals surface area contributed by atoms with E-state index in [1.54, 1.807) is 0 Å². The molecule has 0 aliphatic carbocycles. The zero-order valence-corrected chi connectivity index (χ0v) is 12.1. The molecule has 0 bridgehead atoms. The van der Waals surface area contributed by atoms with Crippen molar-refractivity contribution in [3.63, 3.8) is 0 Å².